The van der Waals surface area contributed by atoms with E-state index in [0.717, 1.165) is 12.8 Å². The average molecular weight is 231 g/mol. The van der Waals surface area contributed by atoms with E-state index in [2.05, 4.69) is 10.3 Å². The van der Waals surface area contributed by atoms with E-state index in [1.54, 1.807) is 6.07 Å². The van der Waals surface area contributed by atoms with Gasteiger partial charge in [0.15, 0.2) is 0 Å². The third kappa shape index (κ3) is 3.02. The maximum atomic E-state index is 11.9. The van der Waals surface area contributed by atoms with Crippen molar-refractivity contribution in [3.63, 3.8) is 0 Å². The lowest BCUT2D eigenvalue weighted by atomic mass is 10.1. The molecule has 1 saturated heterocycles. The minimum Gasteiger partial charge on any atom is -0.381 e. The number of rotatable bonds is 2. The number of carbonyl (C=O) groups is 1. The molecule has 17 heavy (non-hydrogen) atoms. The van der Waals surface area contributed by atoms with Crippen LogP contribution in [0, 0.1) is 11.3 Å². The summed E-state index contributed by atoms with van der Waals surface area (Å²) in [6.07, 6.45) is 4.56. The summed E-state index contributed by atoms with van der Waals surface area (Å²) in [5, 5.41) is 11.6. The van der Waals surface area contributed by atoms with Crippen LogP contribution in [0.5, 0.6) is 0 Å². The number of carbonyl (C=O) groups excluding carboxylic acids is 1. The number of nitrogens with zero attached hydrogens (tertiary/aromatic N) is 2. The Kier molecular flexibility index (Phi) is 3.68. The number of ether oxygens (including phenoxy) is 1. The second-order valence-corrected chi connectivity index (χ2v) is 3.93. The predicted molar refractivity (Wildman–Crippen MR) is 60.3 cm³/mol. The van der Waals surface area contributed by atoms with Crippen LogP contribution in [-0.4, -0.2) is 30.1 Å². The highest BCUT2D eigenvalue weighted by Crippen LogP contribution is 2.08. The standard InChI is InChI=1S/C12H13N3O2/c13-6-9-5-10(8-14-7-9)12(16)15-11-1-3-17-4-2-11/h5,7-8,11H,1-4H2,(H,15,16). The van der Waals surface area contributed by atoms with Crippen molar-refractivity contribution in [1.29, 1.82) is 5.26 Å². The lowest BCUT2D eigenvalue weighted by molar-refractivity contribution is 0.0696. The lowest BCUT2D eigenvalue weighted by Crippen LogP contribution is -2.38. The summed E-state index contributed by atoms with van der Waals surface area (Å²) in [6.45, 7) is 1.36. The van der Waals surface area contributed by atoms with E-state index in [1.807, 2.05) is 6.07 Å². The normalized spacial score (nSPS) is 16.2. The summed E-state index contributed by atoms with van der Waals surface area (Å²) in [6, 6.07) is 3.66. The Morgan fingerprint density at radius 2 is 2.24 bits per heavy atom. The molecule has 0 spiro atoms. The monoisotopic (exact) mass is 231 g/mol. The molecule has 5 heteroatoms. The number of pyridine rings is 1. The van der Waals surface area contributed by atoms with Crippen LogP contribution in [0.3, 0.4) is 0 Å². The van der Waals surface area contributed by atoms with Gasteiger partial charge in [0.1, 0.15) is 6.07 Å². The van der Waals surface area contributed by atoms with Gasteiger partial charge in [-0.25, -0.2) is 0 Å². The first-order valence-corrected chi connectivity index (χ1v) is 5.53. The molecule has 0 unspecified atom stereocenters. The quantitative estimate of drug-likeness (QED) is 0.819. The molecule has 0 atom stereocenters. The van der Waals surface area contributed by atoms with Crippen LogP contribution in [0.1, 0.15) is 28.8 Å². The van der Waals surface area contributed by atoms with Crippen LogP contribution in [-0.2, 0) is 4.74 Å². The zero-order chi connectivity index (χ0) is 12.1. The topological polar surface area (TPSA) is 75.0 Å². The highest BCUT2D eigenvalue weighted by atomic mass is 16.5. The molecule has 1 aliphatic rings. The Balaban J connectivity index is 2.01. The number of aromatic nitrogens is 1. The maximum Gasteiger partial charge on any atom is 0.253 e. The first kappa shape index (κ1) is 11.6. The molecule has 2 rings (SSSR count). The van der Waals surface area contributed by atoms with Crippen molar-refractivity contribution in [1.82, 2.24) is 10.3 Å². The van der Waals surface area contributed by atoms with Gasteiger partial charge in [-0.1, -0.05) is 0 Å². The van der Waals surface area contributed by atoms with Gasteiger partial charge in [0.05, 0.1) is 11.1 Å². The van der Waals surface area contributed by atoms with Crippen LogP contribution >= 0.6 is 0 Å². The van der Waals surface area contributed by atoms with Gasteiger partial charge in [-0.05, 0) is 18.9 Å². The number of amides is 1. The van der Waals surface area contributed by atoms with Crippen molar-refractivity contribution in [3.05, 3.63) is 29.6 Å². The molecule has 1 fully saturated rings. The van der Waals surface area contributed by atoms with E-state index in [-0.39, 0.29) is 11.9 Å². The van der Waals surface area contributed by atoms with Gasteiger partial charge >= 0.3 is 0 Å². The highest BCUT2D eigenvalue weighted by molar-refractivity contribution is 5.94. The molecule has 1 aromatic heterocycles. The van der Waals surface area contributed by atoms with Crippen molar-refractivity contribution < 1.29 is 9.53 Å². The fourth-order valence-corrected chi connectivity index (χ4v) is 1.74. The van der Waals surface area contributed by atoms with Gasteiger partial charge < -0.3 is 10.1 Å². The first-order chi connectivity index (χ1) is 8.29. The third-order valence-corrected chi connectivity index (χ3v) is 2.69. The molecule has 1 aromatic rings. The maximum absolute atomic E-state index is 11.9. The van der Waals surface area contributed by atoms with E-state index in [9.17, 15) is 4.79 Å². The van der Waals surface area contributed by atoms with Gasteiger partial charge in [0.2, 0.25) is 0 Å². The van der Waals surface area contributed by atoms with E-state index in [4.69, 9.17) is 10.00 Å². The largest absolute Gasteiger partial charge is 0.381 e. The summed E-state index contributed by atoms with van der Waals surface area (Å²) in [4.78, 5) is 15.7. The molecular formula is C12H13N3O2. The number of hydrogen-bond acceptors (Lipinski definition) is 4. The molecule has 2 heterocycles. The van der Waals surface area contributed by atoms with Crippen LogP contribution in [0.2, 0.25) is 0 Å². The smallest absolute Gasteiger partial charge is 0.253 e. The molecule has 0 aromatic carbocycles. The molecule has 0 radical (unpaired) electrons. The molecule has 1 aliphatic heterocycles. The first-order valence-electron chi connectivity index (χ1n) is 5.53. The Labute approximate surface area is 99.4 Å². The van der Waals surface area contributed by atoms with Crippen LogP contribution in [0.15, 0.2) is 18.5 Å². The van der Waals surface area contributed by atoms with Gasteiger partial charge in [-0.3, -0.25) is 9.78 Å². The van der Waals surface area contributed by atoms with Gasteiger partial charge in [0.25, 0.3) is 5.91 Å². The summed E-state index contributed by atoms with van der Waals surface area (Å²) >= 11 is 0. The second kappa shape index (κ2) is 5.41. The molecule has 0 aliphatic carbocycles. The molecule has 1 amide bonds. The Morgan fingerprint density at radius 3 is 2.94 bits per heavy atom. The zero-order valence-corrected chi connectivity index (χ0v) is 9.35. The van der Waals surface area contributed by atoms with E-state index < -0.39 is 0 Å². The van der Waals surface area contributed by atoms with E-state index in [1.165, 1.54) is 12.4 Å². The average Bonchev–Trinajstić information content (AvgIpc) is 2.40. The third-order valence-electron chi connectivity index (χ3n) is 2.69. The van der Waals surface area contributed by atoms with Gasteiger partial charge in [0, 0.05) is 31.6 Å². The number of nitriles is 1. The summed E-state index contributed by atoms with van der Waals surface area (Å²) in [5.74, 6) is -0.179. The lowest BCUT2D eigenvalue weighted by Gasteiger charge is -2.23. The molecule has 88 valence electrons. The van der Waals surface area contributed by atoms with Crippen molar-refractivity contribution >= 4 is 5.91 Å². The van der Waals surface area contributed by atoms with Gasteiger partial charge in [-0.2, -0.15) is 5.26 Å². The highest BCUT2D eigenvalue weighted by Gasteiger charge is 2.17. The van der Waals surface area contributed by atoms with Crippen LogP contribution in [0.4, 0.5) is 0 Å². The molecule has 0 bridgehead atoms. The summed E-state index contributed by atoms with van der Waals surface area (Å²) in [5.41, 5.74) is 0.820. The molecule has 0 saturated carbocycles. The Morgan fingerprint density at radius 1 is 1.47 bits per heavy atom. The zero-order valence-electron chi connectivity index (χ0n) is 9.35. The second-order valence-electron chi connectivity index (χ2n) is 3.93. The predicted octanol–water partition coefficient (Wildman–Crippen LogP) is 0.862. The minimum atomic E-state index is -0.179. The Bertz CT molecular complexity index is 447. The summed E-state index contributed by atoms with van der Waals surface area (Å²) in [7, 11) is 0. The van der Waals surface area contributed by atoms with E-state index >= 15 is 0 Å². The fourth-order valence-electron chi connectivity index (χ4n) is 1.74. The number of hydrogen-bond donors (Lipinski definition) is 1. The van der Waals surface area contributed by atoms with Crippen molar-refractivity contribution in [2.24, 2.45) is 0 Å². The summed E-state index contributed by atoms with van der Waals surface area (Å²) < 4.78 is 5.22. The van der Waals surface area contributed by atoms with Crippen LogP contribution in [0.25, 0.3) is 0 Å². The molecule has 1 N–H and O–H groups in total. The molecule has 5 nitrogen and oxygen atoms in total. The fraction of sp³-hybridized carbons (Fsp3) is 0.417. The van der Waals surface area contributed by atoms with Gasteiger partial charge in [-0.15, -0.1) is 0 Å². The van der Waals surface area contributed by atoms with Crippen molar-refractivity contribution in [3.8, 4) is 6.07 Å². The SMILES string of the molecule is N#Cc1cncc(C(=O)NC2CCOCC2)c1. The molecular weight excluding hydrogens is 218 g/mol. The Hall–Kier alpha value is -1.93. The number of nitrogens with one attached hydrogen (secondary N) is 1. The van der Waals surface area contributed by atoms with E-state index in [0.29, 0.717) is 24.3 Å². The van der Waals surface area contributed by atoms with Crippen LogP contribution < -0.4 is 5.32 Å². The minimum absolute atomic E-state index is 0.155. The van der Waals surface area contributed by atoms with Crippen molar-refractivity contribution in [2.45, 2.75) is 18.9 Å². The van der Waals surface area contributed by atoms with Crippen molar-refractivity contribution in [2.75, 3.05) is 13.2 Å².